The van der Waals surface area contributed by atoms with Crippen LogP contribution in [0.4, 0.5) is 5.69 Å². The van der Waals surface area contributed by atoms with Crippen molar-refractivity contribution < 1.29 is 23.1 Å². The number of nitrogens with one attached hydrogen (secondary N) is 1. The molecule has 0 aromatic heterocycles. The van der Waals surface area contributed by atoms with Crippen molar-refractivity contribution in [2.24, 2.45) is 0 Å². The van der Waals surface area contributed by atoms with Crippen LogP contribution in [0.1, 0.15) is 23.1 Å². The molecule has 2 aliphatic heterocycles. The number of benzene rings is 2. The molecule has 2 heterocycles. The third-order valence-corrected chi connectivity index (χ3v) is 6.46. The Kier molecular flexibility index (Phi) is 3.89. The minimum atomic E-state index is -3.57. The summed E-state index contributed by atoms with van der Waals surface area (Å²) < 4.78 is 33.0. The number of carboxylic acid groups (broad SMARTS) is 1. The van der Waals surface area contributed by atoms with E-state index in [1.165, 1.54) is 0 Å². The zero-order chi connectivity index (χ0) is 18.5. The van der Waals surface area contributed by atoms with E-state index in [2.05, 4.69) is 4.72 Å². The number of fused-ring (bicyclic) bond motifs is 2. The fourth-order valence-electron chi connectivity index (χ4n) is 3.85. The summed E-state index contributed by atoms with van der Waals surface area (Å²) >= 11 is 0. The molecule has 2 atom stereocenters. The smallest absolute Gasteiger partial charge is 0.323 e. The van der Waals surface area contributed by atoms with Crippen LogP contribution in [0.15, 0.2) is 47.4 Å². The maximum Gasteiger partial charge on any atom is 0.323 e. The predicted octanol–water partition coefficient (Wildman–Crippen LogP) is 1.72. The molecule has 2 aromatic carbocycles. The van der Waals surface area contributed by atoms with Crippen LogP contribution in [0, 0.1) is 0 Å². The number of carboxylic acids is 1. The second kappa shape index (κ2) is 6.00. The normalized spacial score (nSPS) is 22.7. The first kappa shape index (κ1) is 16.9. The van der Waals surface area contributed by atoms with Gasteiger partial charge in [-0.3, -0.25) is 4.79 Å². The number of methoxy groups -OCH3 is 1. The van der Waals surface area contributed by atoms with Crippen molar-refractivity contribution in [3.63, 3.8) is 0 Å². The molecule has 0 aliphatic carbocycles. The monoisotopic (exact) mass is 374 g/mol. The van der Waals surface area contributed by atoms with E-state index in [1.807, 2.05) is 18.2 Å². The molecular weight excluding hydrogens is 356 g/mol. The van der Waals surface area contributed by atoms with Gasteiger partial charge in [-0.2, -0.15) is 0 Å². The number of hydrogen-bond acceptors (Lipinski definition) is 5. The van der Waals surface area contributed by atoms with E-state index in [4.69, 9.17) is 4.74 Å². The molecule has 0 fully saturated rings. The van der Waals surface area contributed by atoms with E-state index in [1.54, 1.807) is 36.3 Å². The molecule has 26 heavy (non-hydrogen) atoms. The third-order valence-electron chi connectivity index (χ3n) is 4.95. The molecule has 2 aliphatic rings. The van der Waals surface area contributed by atoms with Crippen LogP contribution in [0.3, 0.4) is 0 Å². The van der Waals surface area contributed by atoms with E-state index in [0.717, 1.165) is 11.3 Å². The van der Waals surface area contributed by atoms with Gasteiger partial charge in [-0.1, -0.05) is 18.2 Å². The van der Waals surface area contributed by atoms with Crippen LogP contribution in [0.25, 0.3) is 0 Å². The fraction of sp³-hybridized carbons (Fsp3) is 0.278. The molecule has 0 bridgehead atoms. The highest BCUT2D eigenvalue weighted by Crippen LogP contribution is 2.47. The number of ether oxygens (including phenoxy) is 1. The van der Waals surface area contributed by atoms with E-state index >= 15 is 0 Å². The van der Waals surface area contributed by atoms with Gasteiger partial charge >= 0.3 is 5.97 Å². The quantitative estimate of drug-likeness (QED) is 0.846. The summed E-state index contributed by atoms with van der Waals surface area (Å²) in [6.45, 7) is 0.271. The molecule has 0 amide bonds. The summed E-state index contributed by atoms with van der Waals surface area (Å²) in [6, 6.07) is 11.9. The highest BCUT2D eigenvalue weighted by molar-refractivity contribution is 7.89. The first-order valence-electron chi connectivity index (χ1n) is 8.16. The number of nitrogens with zero attached hydrogens (tertiary/aromatic N) is 1. The largest absolute Gasteiger partial charge is 0.497 e. The lowest BCUT2D eigenvalue weighted by atomic mass is 9.89. The number of carbonyl (C=O) groups is 1. The van der Waals surface area contributed by atoms with Gasteiger partial charge in [0.25, 0.3) is 0 Å². The standard InChI is InChI=1S/C18H18N2O5S/c1-25-11-6-7-15-13(8-11)14(9-20(15)10-17(21)22)18-12-4-2-3-5-16(12)26(23,24)19-18/h2-8,14,18-19H,9-10H2,1H3,(H,21,22). The minimum absolute atomic E-state index is 0.142. The summed E-state index contributed by atoms with van der Waals surface area (Å²) in [7, 11) is -2.00. The van der Waals surface area contributed by atoms with E-state index in [-0.39, 0.29) is 17.4 Å². The van der Waals surface area contributed by atoms with E-state index < -0.39 is 22.0 Å². The lowest BCUT2D eigenvalue weighted by Crippen LogP contribution is -2.32. The minimum Gasteiger partial charge on any atom is -0.497 e. The van der Waals surface area contributed by atoms with Crippen molar-refractivity contribution in [2.75, 3.05) is 25.1 Å². The molecule has 136 valence electrons. The van der Waals surface area contributed by atoms with Crippen LogP contribution in [0.5, 0.6) is 5.75 Å². The number of anilines is 1. The number of rotatable bonds is 4. The van der Waals surface area contributed by atoms with E-state index in [0.29, 0.717) is 17.9 Å². The zero-order valence-electron chi connectivity index (χ0n) is 14.0. The Balaban J connectivity index is 1.80. The molecule has 8 heteroatoms. The van der Waals surface area contributed by atoms with Crippen molar-refractivity contribution >= 4 is 21.7 Å². The van der Waals surface area contributed by atoms with Gasteiger partial charge < -0.3 is 14.7 Å². The number of sulfonamides is 1. The molecule has 0 saturated carbocycles. The SMILES string of the molecule is COc1ccc2c(c1)C(C1NS(=O)(=O)c3ccccc31)CN2CC(=O)O. The molecule has 0 radical (unpaired) electrons. The van der Waals surface area contributed by atoms with Gasteiger partial charge in [-0.15, -0.1) is 0 Å². The van der Waals surface area contributed by atoms with Crippen LogP contribution in [-0.2, 0) is 14.8 Å². The van der Waals surface area contributed by atoms with Gasteiger partial charge in [-0.25, -0.2) is 13.1 Å². The summed E-state index contributed by atoms with van der Waals surface area (Å²) in [5.74, 6) is -0.488. The second-order valence-electron chi connectivity index (χ2n) is 6.44. The maximum absolute atomic E-state index is 12.5. The Morgan fingerprint density at radius 2 is 2.04 bits per heavy atom. The molecule has 2 N–H and O–H groups in total. The Bertz CT molecular complexity index is 989. The molecule has 2 unspecified atom stereocenters. The van der Waals surface area contributed by atoms with Crippen molar-refractivity contribution in [1.82, 2.24) is 4.72 Å². The van der Waals surface area contributed by atoms with Crippen molar-refractivity contribution in [3.8, 4) is 5.75 Å². The highest BCUT2D eigenvalue weighted by atomic mass is 32.2. The highest BCUT2D eigenvalue weighted by Gasteiger charge is 2.43. The van der Waals surface area contributed by atoms with Gasteiger partial charge in [0, 0.05) is 18.2 Å². The van der Waals surface area contributed by atoms with Crippen LogP contribution in [-0.4, -0.2) is 39.7 Å². The predicted molar refractivity (Wildman–Crippen MR) is 95.1 cm³/mol. The van der Waals surface area contributed by atoms with E-state index in [9.17, 15) is 18.3 Å². The molecule has 4 rings (SSSR count). The average molecular weight is 374 g/mol. The lowest BCUT2D eigenvalue weighted by molar-refractivity contribution is -0.135. The zero-order valence-corrected chi connectivity index (χ0v) is 14.9. The topological polar surface area (TPSA) is 95.9 Å². The van der Waals surface area contributed by atoms with Crippen LogP contribution >= 0.6 is 0 Å². The Morgan fingerprint density at radius 3 is 2.77 bits per heavy atom. The van der Waals surface area contributed by atoms with Gasteiger partial charge in [0.2, 0.25) is 10.0 Å². The molecule has 0 saturated heterocycles. The molecule has 0 spiro atoms. The van der Waals surface area contributed by atoms with Crippen molar-refractivity contribution in [3.05, 3.63) is 53.6 Å². The first-order valence-corrected chi connectivity index (χ1v) is 9.65. The molecule has 2 aromatic rings. The summed E-state index contributed by atoms with van der Waals surface area (Å²) in [5.41, 5.74) is 2.39. The maximum atomic E-state index is 12.5. The van der Waals surface area contributed by atoms with Crippen molar-refractivity contribution in [1.29, 1.82) is 0 Å². The van der Waals surface area contributed by atoms with Crippen LogP contribution < -0.4 is 14.4 Å². The number of hydrogen-bond donors (Lipinski definition) is 2. The lowest BCUT2D eigenvalue weighted by Gasteiger charge is -2.21. The third kappa shape index (κ3) is 2.62. The van der Waals surface area contributed by atoms with Gasteiger partial charge in [0.05, 0.1) is 18.0 Å². The number of aliphatic carboxylic acids is 1. The summed E-state index contributed by atoms with van der Waals surface area (Å²) in [6.07, 6.45) is 0. The van der Waals surface area contributed by atoms with Crippen LogP contribution in [0.2, 0.25) is 0 Å². The fourth-order valence-corrected chi connectivity index (χ4v) is 5.37. The Hall–Kier alpha value is -2.58. The average Bonchev–Trinajstić information content (AvgIpc) is 3.09. The van der Waals surface area contributed by atoms with Crippen molar-refractivity contribution in [2.45, 2.75) is 16.9 Å². The first-order chi connectivity index (χ1) is 12.4. The summed E-state index contributed by atoms with van der Waals surface area (Å²) in [5, 5.41) is 9.21. The van der Waals surface area contributed by atoms with Gasteiger partial charge in [-0.05, 0) is 35.4 Å². The molecule has 7 nitrogen and oxygen atoms in total. The van der Waals surface area contributed by atoms with Gasteiger partial charge in [0.1, 0.15) is 12.3 Å². The Morgan fingerprint density at radius 1 is 1.27 bits per heavy atom. The summed E-state index contributed by atoms with van der Waals surface area (Å²) in [4.78, 5) is 13.3. The Labute approximate surface area is 151 Å². The molecular formula is C18H18N2O5S. The second-order valence-corrected chi connectivity index (χ2v) is 8.12. The van der Waals surface area contributed by atoms with Gasteiger partial charge in [0.15, 0.2) is 0 Å².